The first-order chi connectivity index (χ1) is 9.82. The first-order valence-corrected chi connectivity index (χ1v) is 7.77. The van der Waals surface area contributed by atoms with Gasteiger partial charge in [0.25, 0.3) is 0 Å². The summed E-state index contributed by atoms with van der Waals surface area (Å²) >= 11 is 3.51. The molecule has 2 rings (SSSR count). The zero-order chi connectivity index (χ0) is 15.6. The molecule has 0 spiro atoms. The van der Waals surface area contributed by atoms with Crippen molar-refractivity contribution in [2.45, 2.75) is 26.0 Å². The van der Waals surface area contributed by atoms with Crippen LogP contribution in [0.15, 0.2) is 34.9 Å². The molecule has 5 heteroatoms. The zero-order valence-electron chi connectivity index (χ0n) is 13.0. The minimum Gasteiger partial charge on any atom is -0.379 e. The van der Waals surface area contributed by atoms with Gasteiger partial charge in [-0.25, -0.2) is 0 Å². The summed E-state index contributed by atoms with van der Waals surface area (Å²) in [6, 6.07) is 7.95. The maximum atomic E-state index is 11.1. The smallest absolute Gasteiger partial charge is 0.129 e. The zero-order valence-corrected chi connectivity index (χ0v) is 14.6. The molecule has 21 heavy (non-hydrogen) atoms. The number of aliphatic hydroxyl groups is 1. The highest BCUT2D eigenvalue weighted by Gasteiger charge is 2.32. The van der Waals surface area contributed by atoms with Crippen molar-refractivity contribution in [3.63, 3.8) is 0 Å². The number of aromatic nitrogens is 2. The van der Waals surface area contributed by atoms with E-state index >= 15 is 0 Å². The lowest BCUT2D eigenvalue weighted by Gasteiger charge is -2.26. The molecule has 4 nitrogen and oxygen atoms in total. The Morgan fingerprint density at radius 3 is 2.48 bits per heavy atom. The normalized spacial score (nSPS) is 14.4. The second kappa shape index (κ2) is 6.30. The van der Waals surface area contributed by atoms with Crippen LogP contribution >= 0.6 is 15.9 Å². The van der Waals surface area contributed by atoms with Gasteiger partial charge in [0.15, 0.2) is 0 Å². The fourth-order valence-corrected chi connectivity index (χ4v) is 3.01. The Hall–Kier alpha value is -1.17. The molecule has 0 saturated heterocycles. The topological polar surface area (TPSA) is 41.3 Å². The van der Waals surface area contributed by atoms with Gasteiger partial charge in [-0.15, -0.1) is 0 Å². The fraction of sp³-hybridized carbons (Fsp3) is 0.438. The van der Waals surface area contributed by atoms with E-state index < -0.39 is 5.60 Å². The van der Waals surface area contributed by atoms with Crippen LogP contribution in [0, 0.1) is 6.92 Å². The van der Waals surface area contributed by atoms with Crippen LogP contribution in [0.4, 0.5) is 0 Å². The Balaban J connectivity index is 2.39. The standard InChI is InChI=1S/C16H22BrN3O/c1-12-5-7-13(8-6-12)16(2,21)15-14(17)11-18-20(15)10-9-19(3)4/h5-8,11,21H,9-10H2,1-4H3. The molecule has 1 heterocycles. The third kappa shape index (κ3) is 3.54. The van der Waals surface area contributed by atoms with E-state index in [0.717, 1.165) is 28.8 Å². The van der Waals surface area contributed by atoms with Crippen LogP contribution in [0.25, 0.3) is 0 Å². The van der Waals surface area contributed by atoms with Gasteiger partial charge in [0.1, 0.15) is 5.60 Å². The summed E-state index contributed by atoms with van der Waals surface area (Å²) < 4.78 is 2.69. The Morgan fingerprint density at radius 2 is 1.90 bits per heavy atom. The van der Waals surface area contributed by atoms with E-state index in [9.17, 15) is 5.11 Å². The fourth-order valence-electron chi connectivity index (χ4n) is 2.33. The van der Waals surface area contributed by atoms with Crippen molar-refractivity contribution >= 4 is 15.9 Å². The molecular formula is C16H22BrN3O. The molecule has 0 fully saturated rings. The lowest BCUT2D eigenvalue weighted by Crippen LogP contribution is -2.29. The van der Waals surface area contributed by atoms with E-state index in [1.807, 2.05) is 56.9 Å². The Kier molecular flexibility index (Phi) is 4.86. The molecule has 0 aliphatic rings. The van der Waals surface area contributed by atoms with Gasteiger partial charge >= 0.3 is 0 Å². The number of hydrogen-bond acceptors (Lipinski definition) is 3. The molecule has 2 aromatic rings. The molecule has 114 valence electrons. The molecule has 1 aromatic heterocycles. The second-order valence-electron chi connectivity index (χ2n) is 5.81. The van der Waals surface area contributed by atoms with Crippen LogP contribution < -0.4 is 0 Å². The van der Waals surface area contributed by atoms with Crippen LogP contribution in [-0.4, -0.2) is 40.4 Å². The van der Waals surface area contributed by atoms with Gasteiger partial charge in [-0.1, -0.05) is 29.8 Å². The molecule has 0 amide bonds. The number of halogens is 1. The molecule has 1 atom stereocenters. The third-order valence-electron chi connectivity index (χ3n) is 3.63. The van der Waals surface area contributed by atoms with E-state index in [0.29, 0.717) is 0 Å². The predicted octanol–water partition coefficient (Wildman–Crippen LogP) is 2.77. The molecule has 0 saturated carbocycles. The lowest BCUT2D eigenvalue weighted by molar-refractivity contribution is 0.0901. The van der Waals surface area contributed by atoms with Crippen LogP contribution in [0.5, 0.6) is 0 Å². The number of benzene rings is 1. The SMILES string of the molecule is Cc1ccc(C(C)(O)c2c(Br)cnn2CCN(C)C)cc1. The number of aryl methyl sites for hydroxylation is 1. The van der Waals surface area contributed by atoms with E-state index in [-0.39, 0.29) is 0 Å². The van der Waals surface area contributed by atoms with Crippen molar-refractivity contribution in [3.05, 3.63) is 51.8 Å². The minimum atomic E-state index is -1.09. The van der Waals surface area contributed by atoms with Gasteiger partial charge in [0.05, 0.1) is 22.9 Å². The molecule has 0 bridgehead atoms. The first kappa shape index (κ1) is 16.2. The van der Waals surface area contributed by atoms with Gasteiger partial charge in [-0.3, -0.25) is 4.68 Å². The van der Waals surface area contributed by atoms with Gasteiger partial charge in [-0.05, 0) is 49.4 Å². The Morgan fingerprint density at radius 1 is 1.29 bits per heavy atom. The summed E-state index contributed by atoms with van der Waals surface area (Å²) in [4.78, 5) is 2.10. The van der Waals surface area contributed by atoms with Crippen molar-refractivity contribution in [2.24, 2.45) is 0 Å². The number of rotatable bonds is 5. The largest absolute Gasteiger partial charge is 0.379 e. The summed E-state index contributed by atoms with van der Waals surface area (Å²) in [6.07, 6.45) is 1.74. The highest BCUT2D eigenvalue weighted by Crippen LogP contribution is 2.34. The van der Waals surface area contributed by atoms with E-state index in [1.165, 1.54) is 5.56 Å². The van der Waals surface area contributed by atoms with Crippen LogP contribution in [-0.2, 0) is 12.1 Å². The number of nitrogens with zero attached hydrogens (tertiary/aromatic N) is 3. The maximum absolute atomic E-state index is 11.1. The van der Waals surface area contributed by atoms with Gasteiger partial charge in [0.2, 0.25) is 0 Å². The predicted molar refractivity (Wildman–Crippen MR) is 88.3 cm³/mol. The van der Waals surface area contributed by atoms with Crippen molar-refractivity contribution in [1.29, 1.82) is 0 Å². The quantitative estimate of drug-likeness (QED) is 0.900. The lowest BCUT2D eigenvalue weighted by atomic mass is 9.92. The summed E-state index contributed by atoms with van der Waals surface area (Å²) in [5.41, 5.74) is 1.73. The van der Waals surface area contributed by atoms with Gasteiger partial charge in [-0.2, -0.15) is 5.10 Å². The van der Waals surface area contributed by atoms with Crippen molar-refractivity contribution in [3.8, 4) is 0 Å². The van der Waals surface area contributed by atoms with Crippen molar-refractivity contribution in [2.75, 3.05) is 20.6 Å². The Labute approximate surface area is 134 Å². The third-order valence-corrected chi connectivity index (χ3v) is 4.21. The number of hydrogen-bond donors (Lipinski definition) is 1. The molecule has 0 aliphatic heterocycles. The summed E-state index contributed by atoms with van der Waals surface area (Å²) in [7, 11) is 4.05. The summed E-state index contributed by atoms with van der Waals surface area (Å²) in [5, 5.41) is 15.4. The van der Waals surface area contributed by atoms with Crippen LogP contribution in [0.2, 0.25) is 0 Å². The molecule has 1 aromatic carbocycles. The van der Waals surface area contributed by atoms with Crippen LogP contribution in [0.1, 0.15) is 23.7 Å². The Bertz CT molecular complexity index is 602. The minimum absolute atomic E-state index is 0.732. The summed E-state index contributed by atoms with van der Waals surface area (Å²) in [5.74, 6) is 0. The molecule has 0 aliphatic carbocycles. The molecule has 0 radical (unpaired) electrons. The highest BCUT2D eigenvalue weighted by molar-refractivity contribution is 9.10. The van der Waals surface area contributed by atoms with E-state index in [2.05, 4.69) is 25.9 Å². The molecule has 1 N–H and O–H groups in total. The van der Waals surface area contributed by atoms with E-state index in [1.54, 1.807) is 6.20 Å². The van der Waals surface area contributed by atoms with Gasteiger partial charge < -0.3 is 10.0 Å². The molecular weight excluding hydrogens is 330 g/mol. The van der Waals surface area contributed by atoms with Crippen molar-refractivity contribution in [1.82, 2.24) is 14.7 Å². The van der Waals surface area contributed by atoms with Crippen LogP contribution in [0.3, 0.4) is 0 Å². The monoisotopic (exact) mass is 351 g/mol. The average molecular weight is 352 g/mol. The summed E-state index contributed by atoms with van der Waals surface area (Å²) in [6.45, 7) is 5.45. The molecule has 1 unspecified atom stereocenters. The highest BCUT2D eigenvalue weighted by atomic mass is 79.9. The van der Waals surface area contributed by atoms with Gasteiger partial charge in [0, 0.05) is 6.54 Å². The van der Waals surface area contributed by atoms with E-state index in [4.69, 9.17) is 0 Å². The maximum Gasteiger partial charge on any atom is 0.129 e. The first-order valence-electron chi connectivity index (χ1n) is 6.98. The average Bonchev–Trinajstić information content (AvgIpc) is 2.78. The second-order valence-corrected chi connectivity index (χ2v) is 6.66. The number of likely N-dealkylation sites (N-methyl/N-ethyl adjacent to an activating group) is 1. The van der Waals surface area contributed by atoms with Crippen molar-refractivity contribution < 1.29 is 5.11 Å².